The Morgan fingerprint density at radius 3 is 2.44 bits per heavy atom. The van der Waals surface area contributed by atoms with Crippen molar-refractivity contribution in [3.8, 4) is 11.5 Å². The molecule has 2 aromatic carbocycles. The Hall–Kier alpha value is -3.40. The lowest BCUT2D eigenvalue weighted by molar-refractivity contribution is -0.384. The van der Waals surface area contributed by atoms with Crippen molar-refractivity contribution in [2.75, 3.05) is 19.0 Å². The first-order valence-electron chi connectivity index (χ1n) is 7.87. The predicted octanol–water partition coefficient (Wildman–Crippen LogP) is 2.63. The van der Waals surface area contributed by atoms with Crippen LogP contribution in [0.1, 0.15) is 17.3 Å². The average molecular weight is 390 g/mol. The Bertz CT molecular complexity index is 842. The molecule has 0 saturated heterocycles. The van der Waals surface area contributed by atoms with Gasteiger partial charge in [0, 0.05) is 23.4 Å². The van der Waals surface area contributed by atoms with Crippen LogP contribution in [-0.2, 0) is 0 Å². The zero-order valence-corrected chi connectivity index (χ0v) is 15.5. The van der Waals surface area contributed by atoms with Crippen molar-refractivity contribution in [2.24, 2.45) is 0 Å². The van der Waals surface area contributed by atoms with Gasteiger partial charge in [-0.05, 0) is 49.5 Å². The SMILES string of the molecule is CCOc1ccc(C(=O)NNC(=S)Nc2ccc([N+](=O)[O-])cc2)cc1OC. The zero-order chi connectivity index (χ0) is 19.8. The average Bonchev–Trinajstić information content (AvgIpc) is 2.67. The summed E-state index contributed by atoms with van der Waals surface area (Å²) in [4.78, 5) is 22.4. The van der Waals surface area contributed by atoms with Gasteiger partial charge in [-0.25, -0.2) is 0 Å². The number of amides is 1. The quantitative estimate of drug-likeness (QED) is 0.392. The molecule has 0 aromatic heterocycles. The molecule has 0 saturated carbocycles. The van der Waals surface area contributed by atoms with Crippen LogP contribution in [0.15, 0.2) is 42.5 Å². The van der Waals surface area contributed by atoms with Crippen molar-refractivity contribution in [2.45, 2.75) is 6.92 Å². The fourth-order valence-corrected chi connectivity index (χ4v) is 2.27. The van der Waals surface area contributed by atoms with E-state index in [9.17, 15) is 14.9 Å². The monoisotopic (exact) mass is 390 g/mol. The largest absolute Gasteiger partial charge is 0.493 e. The minimum absolute atomic E-state index is 0.0304. The minimum atomic E-state index is -0.494. The van der Waals surface area contributed by atoms with E-state index in [1.165, 1.54) is 31.4 Å². The zero-order valence-electron chi connectivity index (χ0n) is 14.6. The number of anilines is 1. The molecule has 10 heteroatoms. The van der Waals surface area contributed by atoms with Crippen molar-refractivity contribution in [1.29, 1.82) is 0 Å². The number of nitrogens with one attached hydrogen (secondary N) is 3. The summed E-state index contributed by atoms with van der Waals surface area (Å²) in [6.07, 6.45) is 0. The molecule has 2 rings (SSSR count). The summed E-state index contributed by atoms with van der Waals surface area (Å²) in [6.45, 7) is 2.33. The number of carbonyl (C=O) groups excluding carboxylic acids is 1. The highest BCUT2D eigenvalue weighted by atomic mass is 32.1. The summed E-state index contributed by atoms with van der Waals surface area (Å²) in [6, 6.07) is 10.5. The third-order valence-electron chi connectivity index (χ3n) is 3.35. The molecule has 9 nitrogen and oxygen atoms in total. The number of rotatable bonds is 6. The Labute approximate surface area is 160 Å². The Morgan fingerprint density at radius 2 is 1.85 bits per heavy atom. The first-order valence-corrected chi connectivity index (χ1v) is 8.28. The van der Waals surface area contributed by atoms with Gasteiger partial charge in [0.2, 0.25) is 0 Å². The summed E-state index contributed by atoms with van der Waals surface area (Å²) < 4.78 is 10.6. The Morgan fingerprint density at radius 1 is 1.15 bits per heavy atom. The van der Waals surface area contributed by atoms with E-state index in [4.69, 9.17) is 21.7 Å². The molecule has 0 aliphatic rings. The van der Waals surface area contributed by atoms with E-state index in [1.807, 2.05) is 6.92 Å². The minimum Gasteiger partial charge on any atom is -0.493 e. The fraction of sp³-hybridized carbons (Fsp3) is 0.176. The molecular formula is C17H18N4O5S. The molecule has 0 aliphatic carbocycles. The highest BCUT2D eigenvalue weighted by Crippen LogP contribution is 2.27. The molecule has 0 bridgehead atoms. The normalized spacial score (nSPS) is 9.85. The van der Waals surface area contributed by atoms with Crippen LogP contribution in [0.25, 0.3) is 0 Å². The van der Waals surface area contributed by atoms with E-state index < -0.39 is 10.8 Å². The van der Waals surface area contributed by atoms with Gasteiger partial charge >= 0.3 is 0 Å². The van der Waals surface area contributed by atoms with Gasteiger partial charge in [0.25, 0.3) is 11.6 Å². The summed E-state index contributed by atoms with van der Waals surface area (Å²) in [5.74, 6) is 0.556. The maximum Gasteiger partial charge on any atom is 0.269 e. The first-order chi connectivity index (χ1) is 12.9. The topological polar surface area (TPSA) is 115 Å². The van der Waals surface area contributed by atoms with Gasteiger partial charge in [-0.3, -0.25) is 25.8 Å². The molecule has 0 radical (unpaired) electrons. The summed E-state index contributed by atoms with van der Waals surface area (Å²) >= 11 is 5.08. The molecule has 0 fully saturated rings. The van der Waals surface area contributed by atoms with Crippen molar-refractivity contribution >= 4 is 34.6 Å². The van der Waals surface area contributed by atoms with Gasteiger partial charge in [0.1, 0.15) is 0 Å². The smallest absolute Gasteiger partial charge is 0.269 e. The second kappa shape index (κ2) is 9.34. The lowest BCUT2D eigenvalue weighted by Gasteiger charge is -2.13. The van der Waals surface area contributed by atoms with Gasteiger partial charge in [-0.2, -0.15) is 0 Å². The maximum absolute atomic E-state index is 12.2. The van der Waals surface area contributed by atoms with Crippen LogP contribution in [0.2, 0.25) is 0 Å². The van der Waals surface area contributed by atoms with Gasteiger partial charge in [-0.1, -0.05) is 0 Å². The van der Waals surface area contributed by atoms with E-state index in [0.29, 0.717) is 29.4 Å². The number of hydrazine groups is 1. The van der Waals surface area contributed by atoms with Crippen molar-refractivity contribution in [3.05, 3.63) is 58.1 Å². The van der Waals surface area contributed by atoms with Crippen LogP contribution in [0.3, 0.4) is 0 Å². The molecule has 142 valence electrons. The van der Waals surface area contributed by atoms with Gasteiger partial charge in [0.15, 0.2) is 16.6 Å². The molecule has 0 aliphatic heterocycles. The molecule has 2 aromatic rings. The van der Waals surface area contributed by atoms with Crippen molar-refractivity contribution < 1.29 is 19.2 Å². The van der Waals surface area contributed by atoms with Crippen molar-refractivity contribution in [3.63, 3.8) is 0 Å². The van der Waals surface area contributed by atoms with Crippen LogP contribution in [-0.4, -0.2) is 29.7 Å². The number of carbonyl (C=O) groups is 1. The third kappa shape index (κ3) is 5.54. The molecule has 1 amide bonds. The molecule has 0 spiro atoms. The van der Waals surface area contributed by atoms with Crippen LogP contribution in [0.5, 0.6) is 11.5 Å². The highest BCUT2D eigenvalue weighted by Gasteiger charge is 2.11. The van der Waals surface area contributed by atoms with E-state index in [-0.39, 0.29) is 10.8 Å². The Kier molecular flexibility index (Phi) is 6.89. The van der Waals surface area contributed by atoms with Gasteiger partial charge in [0.05, 0.1) is 18.6 Å². The number of non-ortho nitro benzene ring substituents is 1. The number of benzene rings is 2. The van der Waals surface area contributed by atoms with Gasteiger partial charge in [-0.15, -0.1) is 0 Å². The number of hydrogen-bond acceptors (Lipinski definition) is 6. The predicted molar refractivity (Wildman–Crippen MR) is 104 cm³/mol. The molecule has 0 heterocycles. The van der Waals surface area contributed by atoms with Crippen LogP contribution in [0, 0.1) is 10.1 Å². The highest BCUT2D eigenvalue weighted by molar-refractivity contribution is 7.80. The maximum atomic E-state index is 12.2. The molecule has 0 unspecified atom stereocenters. The molecule has 3 N–H and O–H groups in total. The van der Waals surface area contributed by atoms with Crippen molar-refractivity contribution in [1.82, 2.24) is 10.9 Å². The van der Waals surface area contributed by atoms with Crippen LogP contribution < -0.4 is 25.6 Å². The Balaban J connectivity index is 1.92. The number of hydrogen-bond donors (Lipinski definition) is 3. The van der Waals surface area contributed by atoms with Gasteiger partial charge < -0.3 is 14.8 Å². The van der Waals surface area contributed by atoms with Crippen LogP contribution >= 0.6 is 12.2 Å². The van der Waals surface area contributed by atoms with E-state index >= 15 is 0 Å². The van der Waals surface area contributed by atoms with Crippen LogP contribution in [0.4, 0.5) is 11.4 Å². The summed E-state index contributed by atoms with van der Waals surface area (Å²) in [5.41, 5.74) is 5.87. The molecular weight excluding hydrogens is 372 g/mol. The second-order valence-electron chi connectivity index (χ2n) is 5.14. The number of methoxy groups -OCH3 is 1. The number of nitro benzene ring substituents is 1. The first kappa shape index (κ1) is 19.9. The van der Waals surface area contributed by atoms with E-state index in [0.717, 1.165) is 0 Å². The standard InChI is InChI=1S/C17H18N4O5S/c1-3-26-14-9-4-11(10-15(14)25-2)16(22)19-20-17(27)18-12-5-7-13(8-6-12)21(23)24/h4-10H,3H2,1-2H3,(H,19,22)(H2,18,20,27). The lowest BCUT2D eigenvalue weighted by Crippen LogP contribution is -2.43. The lowest BCUT2D eigenvalue weighted by atomic mass is 10.2. The summed E-state index contributed by atoms with van der Waals surface area (Å²) in [7, 11) is 1.49. The number of nitro groups is 1. The summed E-state index contributed by atoms with van der Waals surface area (Å²) in [5, 5.41) is 13.6. The van der Waals surface area contributed by atoms with E-state index in [2.05, 4.69) is 16.2 Å². The molecule has 0 atom stereocenters. The second-order valence-corrected chi connectivity index (χ2v) is 5.54. The fourth-order valence-electron chi connectivity index (χ4n) is 2.10. The number of thiocarbonyl (C=S) groups is 1. The molecule has 27 heavy (non-hydrogen) atoms. The number of ether oxygens (including phenoxy) is 2. The van der Waals surface area contributed by atoms with E-state index in [1.54, 1.807) is 18.2 Å². The number of nitrogens with zero attached hydrogens (tertiary/aromatic N) is 1. The third-order valence-corrected chi connectivity index (χ3v) is 3.56.